The van der Waals surface area contributed by atoms with Crippen LogP contribution >= 0.6 is 0 Å². The van der Waals surface area contributed by atoms with E-state index >= 15 is 0 Å². The quantitative estimate of drug-likeness (QED) is 0.848. The number of carbonyl (C=O) groups excluding carboxylic acids is 2. The molecular weight excluding hydrogens is 264 g/mol. The van der Waals surface area contributed by atoms with Crippen molar-refractivity contribution in [2.75, 3.05) is 31.1 Å². The van der Waals surface area contributed by atoms with Gasteiger partial charge in [-0.3, -0.25) is 13.8 Å². The predicted octanol–water partition coefficient (Wildman–Crippen LogP) is 0.00730. The lowest BCUT2D eigenvalue weighted by Gasteiger charge is -2.26. The Hall–Kier alpha value is -1.69. The van der Waals surface area contributed by atoms with E-state index in [1.807, 2.05) is 6.07 Å². The summed E-state index contributed by atoms with van der Waals surface area (Å²) in [5.41, 5.74) is 0.537. The maximum atomic E-state index is 11.9. The van der Waals surface area contributed by atoms with Crippen molar-refractivity contribution >= 4 is 22.6 Å². The molecule has 1 aliphatic heterocycles. The number of nitrogens with zero attached hydrogens (tertiary/aromatic N) is 1. The summed E-state index contributed by atoms with van der Waals surface area (Å²) in [5, 5.41) is 2.60. The average molecular weight is 280 g/mol. The number of nitrogens with one attached hydrogen (secondary N) is 1. The summed E-state index contributed by atoms with van der Waals surface area (Å²) in [7, 11) is -0.801. The molecule has 1 heterocycles. The predicted molar refractivity (Wildman–Crippen MR) is 73.2 cm³/mol. The number of hydrogen-bond acceptors (Lipinski definition) is 3. The van der Waals surface area contributed by atoms with Crippen molar-refractivity contribution in [2.24, 2.45) is 0 Å². The molecule has 1 saturated heterocycles. The molecule has 2 rings (SSSR count). The van der Waals surface area contributed by atoms with Crippen LogP contribution < -0.4 is 5.32 Å². The summed E-state index contributed by atoms with van der Waals surface area (Å²) in [5.74, 6) is 0.673. The van der Waals surface area contributed by atoms with Gasteiger partial charge in [-0.25, -0.2) is 0 Å². The zero-order chi connectivity index (χ0) is 13.7. The number of carbonyl (C=O) groups is 2. The molecule has 6 heteroatoms. The highest BCUT2D eigenvalue weighted by atomic mass is 32.2. The van der Waals surface area contributed by atoms with Gasteiger partial charge in [-0.2, -0.15) is 0 Å². The van der Waals surface area contributed by atoms with Gasteiger partial charge in [0.15, 0.2) is 0 Å². The molecular formula is C13H16N2O3S. The second-order valence-corrected chi connectivity index (χ2v) is 5.97. The molecule has 0 radical (unpaired) electrons. The molecule has 1 aromatic carbocycles. The minimum atomic E-state index is -0.801. The van der Waals surface area contributed by atoms with E-state index in [2.05, 4.69) is 5.32 Å². The Morgan fingerprint density at radius 2 is 1.79 bits per heavy atom. The Bertz CT molecular complexity index is 480. The van der Waals surface area contributed by atoms with Crippen molar-refractivity contribution in [3.63, 3.8) is 0 Å². The molecule has 19 heavy (non-hydrogen) atoms. The largest absolute Gasteiger partial charge is 0.343 e. The molecule has 0 spiro atoms. The molecule has 1 aromatic rings. The second-order valence-electron chi connectivity index (χ2n) is 4.28. The third-order valence-corrected chi connectivity index (χ3v) is 4.24. The molecule has 102 valence electrons. The molecule has 1 N–H and O–H groups in total. The smallest absolute Gasteiger partial charge is 0.251 e. The second kappa shape index (κ2) is 6.47. The van der Waals surface area contributed by atoms with Crippen molar-refractivity contribution in [3.8, 4) is 0 Å². The first-order valence-electron chi connectivity index (χ1n) is 6.13. The molecule has 0 atom stereocenters. The topological polar surface area (TPSA) is 66.5 Å². The Morgan fingerprint density at radius 1 is 1.16 bits per heavy atom. The van der Waals surface area contributed by atoms with Gasteiger partial charge in [-0.15, -0.1) is 0 Å². The standard InChI is InChI=1S/C13H16N2O3S/c16-12(15-6-8-19(18)9-7-15)10-14-13(17)11-4-2-1-3-5-11/h1-5H,6-10H2,(H,14,17). The normalized spacial score (nSPS) is 16.1. The first-order valence-corrected chi connectivity index (χ1v) is 7.61. The summed E-state index contributed by atoms with van der Waals surface area (Å²) in [6.45, 7) is 1.000. The molecule has 1 fully saturated rings. The first-order chi connectivity index (χ1) is 9.16. The van der Waals surface area contributed by atoms with Crippen LogP contribution in [-0.4, -0.2) is 52.1 Å². The summed E-state index contributed by atoms with van der Waals surface area (Å²) < 4.78 is 11.2. The Kier molecular flexibility index (Phi) is 4.68. The molecule has 2 amide bonds. The van der Waals surface area contributed by atoms with Crippen LogP contribution in [0.1, 0.15) is 10.4 Å². The maximum Gasteiger partial charge on any atom is 0.251 e. The summed E-state index contributed by atoms with van der Waals surface area (Å²) in [6, 6.07) is 8.77. The van der Waals surface area contributed by atoms with Crippen LogP contribution in [0.3, 0.4) is 0 Å². The Morgan fingerprint density at radius 3 is 2.42 bits per heavy atom. The number of amides is 2. The van der Waals surface area contributed by atoms with E-state index in [1.165, 1.54) is 0 Å². The van der Waals surface area contributed by atoms with E-state index < -0.39 is 10.8 Å². The van der Waals surface area contributed by atoms with Gasteiger partial charge in [-0.1, -0.05) is 18.2 Å². The summed E-state index contributed by atoms with van der Waals surface area (Å²) in [6.07, 6.45) is 0. The van der Waals surface area contributed by atoms with Gasteiger partial charge in [0.25, 0.3) is 5.91 Å². The summed E-state index contributed by atoms with van der Waals surface area (Å²) >= 11 is 0. The third-order valence-electron chi connectivity index (χ3n) is 2.97. The van der Waals surface area contributed by atoms with E-state index in [1.54, 1.807) is 29.2 Å². The van der Waals surface area contributed by atoms with Crippen LogP contribution in [-0.2, 0) is 15.6 Å². The van der Waals surface area contributed by atoms with E-state index in [-0.39, 0.29) is 18.4 Å². The highest BCUT2D eigenvalue weighted by molar-refractivity contribution is 7.85. The van der Waals surface area contributed by atoms with Gasteiger partial charge in [-0.05, 0) is 12.1 Å². The fourth-order valence-corrected chi connectivity index (χ4v) is 2.90. The Labute approximate surface area is 114 Å². The fourth-order valence-electron chi connectivity index (χ4n) is 1.85. The van der Waals surface area contributed by atoms with E-state index in [4.69, 9.17) is 0 Å². The van der Waals surface area contributed by atoms with Crippen LogP contribution in [0.4, 0.5) is 0 Å². The van der Waals surface area contributed by atoms with Gasteiger partial charge in [0.2, 0.25) is 5.91 Å². The van der Waals surface area contributed by atoms with Crippen LogP contribution in [0.5, 0.6) is 0 Å². The highest BCUT2D eigenvalue weighted by Crippen LogP contribution is 2.01. The zero-order valence-corrected chi connectivity index (χ0v) is 11.3. The molecule has 5 nitrogen and oxygen atoms in total. The molecule has 0 aromatic heterocycles. The Balaban J connectivity index is 1.80. The zero-order valence-electron chi connectivity index (χ0n) is 10.5. The molecule has 0 saturated carbocycles. The van der Waals surface area contributed by atoms with E-state index in [0.717, 1.165) is 0 Å². The van der Waals surface area contributed by atoms with Crippen LogP contribution in [0, 0.1) is 0 Å². The number of benzene rings is 1. The van der Waals surface area contributed by atoms with Crippen LogP contribution in [0.2, 0.25) is 0 Å². The fraction of sp³-hybridized carbons (Fsp3) is 0.385. The molecule has 0 bridgehead atoms. The van der Waals surface area contributed by atoms with Crippen LogP contribution in [0.25, 0.3) is 0 Å². The van der Waals surface area contributed by atoms with Crippen molar-refractivity contribution in [3.05, 3.63) is 35.9 Å². The molecule has 0 aliphatic carbocycles. The van der Waals surface area contributed by atoms with Crippen molar-refractivity contribution in [2.45, 2.75) is 0 Å². The SMILES string of the molecule is O=C(NCC(=O)N1CCS(=O)CC1)c1ccccc1. The average Bonchev–Trinajstić information content (AvgIpc) is 2.46. The highest BCUT2D eigenvalue weighted by Gasteiger charge is 2.20. The molecule has 1 aliphatic rings. The van der Waals surface area contributed by atoms with Crippen molar-refractivity contribution in [1.82, 2.24) is 10.2 Å². The minimum Gasteiger partial charge on any atom is -0.343 e. The lowest BCUT2D eigenvalue weighted by Crippen LogP contribution is -2.46. The minimum absolute atomic E-state index is 0.0135. The lowest BCUT2D eigenvalue weighted by atomic mass is 10.2. The third kappa shape index (κ3) is 3.89. The van der Waals surface area contributed by atoms with E-state index in [0.29, 0.717) is 30.2 Å². The van der Waals surface area contributed by atoms with Crippen molar-refractivity contribution < 1.29 is 13.8 Å². The van der Waals surface area contributed by atoms with Gasteiger partial charge < -0.3 is 10.2 Å². The molecule has 0 unspecified atom stereocenters. The van der Waals surface area contributed by atoms with Crippen molar-refractivity contribution in [1.29, 1.82) is 0 Å². The van der Waals surface area contributed by atoms with Gasteiger partial charge in [0.1, 0.15) is 0 Å². The van der Waals surface area contributed by atoms with Gasteiger partial charge >= 0.3 is 0 Å². The van der Waals surface area contributed by atoms with Gasteiger partial charge in [0.05, 0.1) is 6.54 Å². The maximum absolute atomic E-state index is 11.9. The first kappa shape index (κ1) is 13.7. The van der Waals surface area contributed by atoms with Crippen LogP contribution in [0.15, 0.2) is 30.3 Å². The number of rotatable bonds is 3. The number of hydrogen-bond donors (Lipinski definition) is 1. The lowest BCUT2D eigenvalue weighted by molar-refractivity contribution is -0.129. The van der Waals surface area contributed by atoms with E-state index in [9.17, 15) is 13.8 Å². The monoisotopic (exact) mass is 280 g/mol. The summed E-state index contributed by atoms with van der Waals surface area (Å²) in [4.78, 5) is 25.3. The van der Waals surface area contributed by atoms with Gasteiger partial charge in [0, 0.05) is 41.0 Å².